The lowest BCUT2D eigenvalue weighted by molar-refractivity contribution is 0.0668. The molecule has 176 valence electrons. The van der Waals surface area contributed by atoms with Gasteiger partial charge in [-0.25, -0.2) is 0 Å². The number of phenolic OH excluding ortho intramolecular Hbond substituents is 2. The summed E-state index contributed by atoms with van der Waals surface area (Å²) in [6.07, 6.45) is -0.383. The van der Waals surface area contributed by atoms with Crippen molar-refractivity contribution in [1.29, 1.82) is 0 Å². The second-order valence-corrected chi connectivity index (χ2v) is 8.96. The third kappa shape index (κ3) is 4.46. The lowest BCUT2D eigenvalue weighted by Crippen LogP contribution is -2.49. The van der Waals surface area contributed by atoms with E-state index in [0.29, 0.717) is 12.4 Å². The lowest BCUT2D eigenvalue weighted by Gasteiger charge is -2.37. The fraction of sp³-hybridized carbons (Fsp3) is 0.286. The monoisotopic (exact) mass is 461 g/mol. The maximum atomic E-state index is 12.6. The van der Waals surface area contributed by atoms with Crippen LogP contribution < -0.4 is 9.47 Å². The summed E-state index contributed by atoms with van der Waals surface area (Å²) in [5.41, 5.74) is 4.90. The first-order chi connectivity index (χ1) is 16.5. The molecule has 2 aliphatic rings. The van der Waals surface area contributed by atoms with Crippen LogP contribution >= 0.6 is 0 Å². The van der Waals surface area contributed by atoms with Crippen molar-refractivity contribution in [3.63, 3.8) is 0 Å². The summed E-state index contributed by atoms with van der Waals surface area (Å²) in [6.45, 7) is 4.77. The van der Waals surface area contributed by atoms with E-state index in [4.69, 9.17) is 9.47 Å². The van der Waals surface area contributed by atoms with Crippen LogP contribution in [0, 0.1) is 5.92 Å². The second kappa shape index (κ2) is 9.39. The third-order valence-corrected chi connectivity index (χ3v) is 6.57. The highest BCUT2D eigenvalue weighted by Crippen LogP contribution is 2.47. The summed E-state index contributed by atoms with van der Waals surface area (Å²) in [5.74, 6) is 1.95. The molecule has 0 saturated carbocycles. The van der Waals surface area contributed by atoms with Gasteiger partial charge in [0.15, 0.2) is 0 Å². The summed E-state index contributed by atoms with van der Waals surface area (Å²) in [4.78, 5) is 2.19. The summed E-state index contributed by atoms with van der Waals surface area (Å²) >= 11 is 0. The Bertz CT molecular complexity index is 1180. The first kappa shape index (κ1) is 22.3. The minimum absolute atomic E-state index is 0.155. The average Bonchev–Trinajstić information content (AvgIpc) is 2.81. The van der Waals surface area contributed by atoms with Gasteiger partial charge in [-0.15, -0.1) is 0 Å². The van der Waals surface area contributed by atoms with Crippen LogP contribution in [0.25, 0.3) is 11.1 Å². The molecule has 0 spiro atoms. The number of benzene rings is 3. The molecule has 34 heavy (non-hydrogen) atoms. The summed E-state index contributed by atoms with van der Waals surface area (Å²) in [7, 11) is 0. The Labute approximate surface area is 198 Å². The van der Waals surface area contributed by atoms with Gasteiger partial charge in [-0.05, 0) is 60.0 Å². The molecule has 6 heteroatoms. The van der Waals surface area contributed by atoms with E-state index in [1.807, 2.05) is 49.4 Å². The van der Waals surface area contributed by atoms with Gasteiger partial charge in [-0.1, -0.05) is 24.3 Å². The number of hydrogen-bond donors (Lipinski definition) is 2. The topological polar surface area (TPSA) is 62.2 Å². The molecular weight excluding hydrogens is 433 g/mol. The van der Waals surface area contributed by atoms with E-state index in [2.05, 4.69) is 4.90 Å². The molecule has 0 bridgehead atoms. The number of alkyl halides is 1. The zero-order valence-corrected chi connectivity index (χ0v) is 19.1. The number of rotatable bonds is 7. The molecule has 3 aromatic carbocycles. The summed E-state index contributed by atoms with van der Waals surface area (Å²) in [5, 5.41) is 19.8. The Balaban J connectivity index is 1.37. The number of hydrogen-bond acceptors (Lipinski definition) is 5. The molecule has 0 amide bonds. The SMILES string of the molecule is CC1=C(c2ccc(O)cc2)[C@H](c2ccc(OCCN3CC(CF)C3)cc2)Oc2cc(O)ccc21. The third-order valence-electron chi connectivity index (χ3n) is 6.57. The Morgan fingerprint density at radius 1 is 0.971 bits per heavy atom. The second-order valence-electron chi connectivity index (χ2n) is 8.96. The van der Waals surface area contributed by atoms with Crippen LogP contribution in [0.15, 0.2) is 66.7 Å². The quantitative estimate of drug-likeness (QED) is 0.491. The Hall–Kier alpha value is -3.51. The molecule has 0 aliphatic carbocycles. The van der Waals surface area contributed by atoms with Crippen LogP contribution in [0.4, 0.5) is 4.39 Å². The molecule has 0 unspecified atom stereocenters. The van der Waals surface area contributed by atoms with Gasteiger partial charge in [0.2, 0.25) is 0 Å². The first-order valence-electron chi connectivity index (χ1n) is 11.5. The van der Waals surface area contributed by atoms with Crippen molar-refractivity contribution < 1.29 is 24.1 Å². The average molecular weight is 462 g/mol. The standard InChI is InChI=1S/C28H28FNO4/c1-18-25-11-8-23(32)14-26(25)34-28(27(18)20-2-6-22(31)7-3-20)21-4-9-24(10-5-21)33-13-12-30-16-19(15-29)17-30/h2-11,14,19,28,31-32H,12-13,15-17H2,1H3/t28-/m0/s1. The molecule has 3 aromatic rings. The van der Waals surface area contributed by atoms with Crippen molar-refractivity contribution in [3.05, 3.63) is 83.4 Å². The molecule has 1 saturated heterocycles. The van der Waals surface area contributed by atoms with Crippen LogP contribution in [0.5, 0.6) is 23.0 Å². The van der Waals surface area contributed by atoms with Gasteiger partial charge in [0, 0.05) is 42.8 Å². The first-order valence-corrected chi connectivity index (χ1v) is 11.5. The number of phenols is 2. The van der Waals surface area contributed by atoms with E-state index >= 15 is 0 Å². The van der Waals surface area contributed by atoms with Crippen LogP contribution in [-0.4, -0.2) is 48.0 Å². The number of halogens is 1. The summed E-state index contributed by atoms with van der Waals surface area (Å²) < 4.78 is 24.9. The van der Waals surface area contributed by atoms with Crippen molar-refractivity contribution in [2.24, 2.45) is 5.92 Å². The van der Waals surface area contributed by atoms with E-state index in [0.717, 1.165) is 53.2 Å². The van der Waals surface area contributed by atoms with Gasteiger partial charge in [-0.2, -0.15) is 0 Å². The van der Waals surface area contributed by atoms with E-state index in [1.165, 1.54) is 0 Å². The minimum atomic E-state index is -0.383. The molecular formula is C28H28FNO4. The van der Waals surface area contributed by atoms with Crippen molar-refractivity contribution in [2.45, 2.75) is 13.0 Å². The van der Waals surface area contributed by atoms with Crippen LogP contribution in [-0.2, 0) is 0 Å². The Morgan fingerprint density at radius 3 is 2.38 bits per heavy atom. The number of likely N-dealkylation sites (tertiary alicyclic amines) is 1. The predicted molar refractivity (Wildman–Crippen MR) is 130 cm³/mol. The molecule has 2 N–H and O–H groups in total. The number of allylic oxidation sites excluding steroid dienone is 1. The van der Waals surface area contributed by atoms with E-state index in [9.17, 15) is 14.6 Å². The van der Waals surface area contributed by atoms with E-state index in [-0.39, 0.29) is 30.2 Å². The zero-order valence-electron chi connectivity index (χ0n) is 19.1. The highest BCUT2D eigenvalue weighted by Gasteiger charge is 2.30. The fourth-order valence-corrected chi connectivity index (χ4v) is 4.68. The van der Waals surface area contributed by atoms with Crippen molar-refractivity contribution in [2.75, 3.05) is 32.9 Å². The smallest absolute Gasteiger partial charge is 0.150 e. The summed E-state index contributed by atoms with van der Waals surface area (Å²) in [6, 6.07) is 20.1. The maximum absolute atomic E-state index is 12.6. The molecule has 5 nitrogen and oxygen atoms in total. The van der Waals surface area contributed by atoms with E-state index in [1.54, 1.807) is 24.3 Å². The van der Waals surface area contributed by atoms with Gasteiger partial charge in [0.05, 0.1) is 6.67 Å². The van der Waals surface area contributed by atoms with Crippen molar-refractivity contribution in [3.8, 4) is 23.0 Å². The zero-order chi connectivity index (χ0) is 23.7. The number of aromatic hydroxyl groups is 2. The largest absolute Gasteiger partial charge is 0.508 e. The fourth-order valence-electron chi connectivity index (χ4n) is 4.68. The number of ether oxygens (including phenoxy) is 2. The van der Waals surface area contributed by atoms with Crippen LogP contribution in [0.2, 0.25) is 0 Å². The normalized spacial score (nSPS) is 18.2. The van der Waals surface area contributed by atoms with Crippen molar-refractivity contribution >= 4 is 11.1 Å². The van der Waals surface area contributed by atoms with Crippen LogP contribution in [0.1, 0.15) is 29.7 Å². The van der Waals surface area contributed by atoms with Gasteiger partial charge in [-0.3, -0.25) is 9.29 Å². The van der Waals surface area contributed by atoms with Gasteiger partial charge in [0.1, 0.15) is 35.7 Å². The lowest BCUT2D eigenvalue weighted by atomic mass is 9.86. The maximum Gasteiger partial charge on any atom is 0.150 e. The molecule has 1 atom stereocenters. The van der Waals surface area contributed by atoms with Gasteiger partial charge >= 0.3 is 0 Å². The van der Waals surface area contributed by atoms with Crippen LogP contribution in [0.3, 0.4) is 0 Å². The number of fused-ring (bicyclic) bond motifs is 1. The highest BCUT2D eigenvalue weighted by atomic mass is 19.1. The minimum Gasteiger partial charge on any atom is -0.508 e. The molecule has 2 heterocycles. The molecule has 0 aromatic heterocycles. The Morgan fingerprint density at radius 2 is 1.68 bits per heavy atom. The molecule has 5 rings (SSSR count). The highest BCUT2D eigenvalue weighted by molar-refractivity contribution is 5.95. The van der Waals surface area contributed by atoms with E-state index < -0.39 is 0 Å². The molecule has 2 aliphatic heterocycles. The predicted octanol–water partition coefficient (Wildman–Crippen LogP) is 5.44. The van der Waals surface area contributed by atoms with Crippen molar-refractivity contribution in [1.82, 2.24) is 4.90 Å². The van der Waals surface area contributed by atoms with Gasteiger partial charge < -0.3 is 19.7 Å². The Kier molecular flexibility index (Phi) is 6.16. The number of nitrogens with zero attached hydrogens (tertiary/aromatic N) is 1. The van der Waals surface area contributed by atoms with Gasteiger partial charge in [0.25, 0.3) is 0 Å². The molecule has 0 radical (unpaired) electrons. The molecule has 1 fully saturated rings.